The molecule has 4 aromatic rings. The van der Waals surface area contributed by atoms with Crippen molar-refractivity contribution < 1.29 is 14.3 Å². The van der Waals surface area contributed by atoms with Crippen molar-refractivity contribution in [3.63, 3.8) is 0 Å². The van der Waals surface area contributed by atoms with E-state index in [1.165, 1.54) is 7.11 Å². The summed E-state index contributed by atoms with van der Waals surface area (Å²) in [6, 6.07) is 24.4. The molecule has 5 rings (SSSR count). The zero-order valence-electron chi connectivity index (χ0n) is 22.6. The monoisotopic (exact) mass is 553 g/mol. The maximum atomic E-state index is 12.8. The van der Waals surface area contributed by atoms with Gasteiger partial charge in [0.25, 0.3) is 0 Å². The standard InChI is InChI=1S/C31H31N5O3S/c1-20-19-25(21(2)36(20)24-14-12-22(13-15-24)30(38)39-3)29-28(26-11-7-8-17-32-26)34-31(40)35(29)18-16-27(37)33-23-9-5-4-6-10-23/h4-15,17,19,28-29H,16,18H2,1-3H3,(H,33,37)(H,34,40)/t28-,29-/m1/s1. The fourth-order valence-electron chi connectivity index (χ4n) is 5.30. The highest BCUT2D eigenvalue weighted by Gasteiger charge is 2.41. The van der Waals surface area contributed by atoms with E-state index in [-0.39, 0.29) is 30.4 Å². The van der Waals surface area contributed by atoms with Crippen LogP contribution in [0.4, 0.5) is 5.69 Å². The Balaban J connectivity index is 1.47. The molecule has 1 amide bonds. The number of benzene rings is 2. The molecule has 0 aliphatic carbocycles. The fraction of sp³-hybridized carbons (Fsp3) is 0.226. The molecule has 2 atom stereocenters. The van der Waals surface area contributed by atoms with Crippen LogP contribution >= 0.6 is 12.2 Å². The molecule has 1 aliphatic heterocycles. The highest BCUT2D eigenvalue weighted by atomic mass is 32.1. The molecule has 8 nitrogen and oxygen atoms in total. The zero-order chi connectivity index (χ0) is 28.2. The number of esters is 1. The van der Waals surface area contributed by atoms with Crippen molar-refractivity contribution in [2.24, 2.45) is 0 Å². The minimum Gasteiger partial charge on any atom is -0.465 e. The van der Waals surface area contributed by atoms with E-state index in [0.717, 1.165) is 34.0 Å². The number of ether oxygens (including phenoxy) is 1. The van der Waals surface area contributed by atoms with E-state index < -0.39 is 0 Å². The van der Waals surface area contributed by atoms with Crippen LogP contribution in [0.2, 0.25) is 0 Å². The first-order valence-electron chi connectivity index (χ1n) is 13.1. The first kappa shape index (κ1) is 27.1. The van der Waals surface area contributed by atoms with Crippen LogP contribution < -0.4 is 10.6 Å². The van der Waals surface area contributed by atoms with Crippen LogP contribution in [-0.2, 0) is 9.53 Å². The molecule has 0 saturated carbocycles. The molecule has 9 heteroatoms. The number of aryl methyl sites for hydroxylation is 1. The molecule has 2 aromatic carbocycles. The maximum Gasteiger partial charge on any atom is 0.337 e. The summed E-state index contributed by atoms with van der Waals surface area (Å²) in [7, 11) is 1.37. The largest absolute Gasteiger partial charge is 0.465 e. The molecule has 1 fully saturated rings. The van der Waals surface area contributed by atoms with E-state index >= 15 is 0 Å². The van der Waals surface area contributed by atoms with Crippen molar-refractivity contribution in [1.29, 1.82) is 0 Å². The number of anilines is 1. The van der Waals surface area contributed by atoms with E-state index in [4.69, 9.17) is 17.0 Å². The Morgan fingerprint density at radius 3 is 2.42 bits per heavy atom. The van der Waals surface area contributed by atoms with Gasteiger partial charge < -0.3 is 24.8 Å². The van der Waals surface area contributed by atoms with Crippen molar-refractivity contribution in [3.8, 4) is 5.69 Å². The van der Waals surface area contributed by atoms with Gasteiger partial charge in [-0.05, 0) is 86.2 Å². The van der Waals surface area contributed by atoms with Gasteiger partial charge in [0.15, 0.2) is 5.11 Å². The van der Waals surface area contributed by atoms with Gasteiger partial charge in [-0.1, -0.05) is 24.3 Å². The maximum absolute atomic E-state index is 12.8. The van der Waals surface area contributed by atoms with Crippen LogP contribution in [0, 0.1) is 13.8 Å². The molecule has 3 heterocycles. The zero-order valence-corrected chi connectivity index (χ0v) is 23.4. The predicted octanol–water partition coefficient (Wildman–Crippen LogP) is 5.28. The van der Waals surface area contributed by atoms with E-state index in [1.807, 2.05) is 60.7 Å². The third kappa shape index (κ3) is 5.46. The van der Waals surface area contributed by atoms with E-state index in [0.29, 0.717) is 17.2 Å². The number of carbonyl (C=O) groups is 2. The summed E-state index contributed by atoms with van der Waals surface area (Å²) in [5.74, 6) is -0.450. The van der Waals surface area contributed by atoms with Gasteiger partial charge in [0, 0.05) is 41.9 Å². The summed E-state index contributed by atoms with van der Waals surface area (Å²) in [6.07, 6.45) is 2.05. The van der Waals surface area contributed by atoms with Crippen molar-refractivity contribution in [2.45, 2.75) is 32.4 Å². The van der Waals surface area contributed by atoms with Crippen LogP contribution in [-0.4, -0.2) is 45.1 Å². The number of hydrogen-bond donors (Lipinski definition) is 2. The number of nitrogens with zero attached hydrogens (tertiary/aromatic N) is 3. The van der Waals surface area contributed by atoms with Crippen molar-refractivity contribution in [2.75, 3.05) is 19.0 Å². The van der Waals surface area contributed by atoms with E-state index in [2.05, 4.69) is 45.0 Å². The quantitative estimate of drug-likeness (QED) is 0.227. The molecule has 1 saturated heterocycles. The number of para-hydroxylation sites is 1. The van der Waals surface area contributed by atoms with E-state index in [9.17, 15) is 9.59 Å². The summed E-state index contributed by atoms with van der Waals surface area (Å²) in [5, 5.41) is 7.01. The number of rotatable bonds is 8. The lowest BCUT2D eigenvalue weighted by molar-refractivity contribution is -0.116. The summed E-state index contributed by atoms with van der Waals surface area (Å²) in [4.78, 5) is 31.5. The Morgan fingerprint density at radius 1 is 1.02 bits per heavy atom. The Hall–Kier alpha value is -4.50. The number of hydrogen-bond acceptors (Lipinski definition) is 5. The molecule has 0 radical (unpaired) electrons. The number of nitrogens with one attached hydrogen (secondary N) is 2. The van der Waals surface area contributed by atoms with Gasteiger partial charge >= 0.3 is 5.97 Å². The Morgan fingerprint density at radius 2 is 1.75 bits per heavy atom. The average Bonchev–Trinajstić information content (AvgIpc) is 3.46. The molecule has 40 heavy (non-hydrogen) atoms. The molecule has 204 valence electrons. The fourth-order valence-corrected chi connectivity index (χ4v) is 5.63. The molecule has 2 aromatic heterocycles. The molecule has 0 spiro atoms. The molecule has 0 bridgehead atoms. The van der Waals surface area contributed by atoms with Crippen LogP contribution in [0.3, 0.4) is 0 Å². The Kier molecular flexibility index (Phi) is 7.93. The number of pyridine rings is 1. The van der Waals surface area contributed by atoms with Crippen LogP contribution in [0.1, 0.15) is 51.5 Å². The predicted molar refractivity (Wildman–Crippen MR) is 158 cm³/mol. The SMILES string of the molecule is COC(=O)c1ccc(-n2c(C)cc([C@@H]3[C@@H](c4ccccn4)NC(=S)N3CCC(=O)Nc3ccccc3)c2C)cc1. The smallest absolute Gasteiger partial charge is 0.337 e. The minimum atomic E-state index is -0.371. The van der Waals surface area contributed by atoms with Gasteiger partial charge in [-0.25, -0.2) is 4.79 Å². The van der Waals surface area contributed by atoms with Gasteiger partial charge in [0.05, 0.1) is 30.5 Å². The molecular formula is C31H31N5O3S. The normalized spacial score (nSPS) is 16.5. The minimum absolute atomic E-state index is 0.0785. The lowest BCUT2D eigenvalue weighted by atomic mass is 9.96. The van der Waals surface area contributed by atoms with Gasteiger partial charge in [-0.2, -0.15) is 0 Å². The highest BCUT2D eigenvalue weighted by Crippen LogP contribution is 2.41. The number of carbonyl (C=O) groups excluding carboxylic acids is 2. The van der Waals surface area contributed by atoms with Crippen LogP contribution in [0.15, 0.2) is 85.1 Å². The van der Waals surface area contributed by atoms with Gasteiger partial charge in [0.2, 0.25) is 5.91 Å². The summed E-state index contributed by atoms with van der Waals surface area (Å²) in [5.41, 5.74) is 6.23. The van der Waals surface area contributed by atoms with Crippen molar-refractivity contribution in [1.82, 2.24) is 19.8 Å². The van der Waals surface area contributed by atoms with Crippen molar-refractivity contribution >= 4 is 34.9 Å². The topological polar surface area (TPSA) is 88.5 Å². The number of thiocarbonyl (C=S) groups is 1. The average molecular weight is 554 g/mol. The summed E-state index contributed by atoms with van der Waals surface area (Å²) < 4.78 is 7.01. The van der Waals surface area contributed by atoms with Crippen LogP contribution in [0.5, 0.6) is 0 Å². The second-order valence-electron chi connectivity index (χ2n) is 9.68. The lowest BCUT2D eigenvalue weighted by Gasteiger charge is -2.28. The van der Waals surface area contributed by atoms with Gasteiger partial charge in [-0.15, -0.1) is 0 Å². The summed E-state index contributed by atoms with van der Waals surface area (Å²) >= 11 is 5.81. The molecule has 0 unspecified atom stereocenters. The Labute approximate surface area is 239 Å². The van der Waals surface area contributed by atoms with E-state index in [1.54, 1.807) is 18.3 Å². The molecule has 1 aliphatic rings. The third-order valence-electron chi connectivity index (χ3n) is 7.17. The van der Waals surface area contributed by atoms with Gasteiger partial charge in [-0.3, -0.25) is 9.78 Å². The van der Waals surface area contributed by atoms with Gasteiger partial charge in [0.1, 0.15) is 0 Å². The second kappa shape index (κ2) is 11.7. The summed E-state index contributed by atoms with van der Waals surface area (Å²) in [6.45, 7) is 4.57. The number of methoxy groups -OCH3 is 1. The lowest BCUT2D eigenvalue weighted by Crippen LogP contribution is -2.32. The second-order valence-corrected chi connectivity index (χ2v) is 10.1. The first-order valence-corrected chi connectivity index (χ1v) is 13.5. The van der Waals surface area contributed by atoms with Crippen molar-refractivity contribution in [3.05, 3.63) is 113 Å². The molecular weight excluding hydrogens is 522 g/mol. The molecule has 2 N–H and O–H groups in total. The van der Waals surface area contributed by atoms with Crippen LogP contribution in [0.25, 0.3) is 5.69 Å². The highest BCUT2D eigenvalue weighted by molar-refractivity contribution is 7.80. The number of amides is 1. The third-order valence-corrected chi connectivity index (χ3v) is 7.52. The first-order chi connectivity index (χ1) is 19.4. The Bertz CT molecular complexity index is 1520. The number of aromatic nitrogens is 2.